The molecule has 3 heteroatoms. The van der Waals surface area contributed by atoms with Crippen molar-refractivity contribution >= 4 is 5.97 Å². The van der Waals surface area contributed by atoms with Gasteiger partial charge < -0.3 is 9.47 Å². The van der Waals surface area contributed by atoms with Crippen molar-refractivity contribution in [2.75, 3.05) is 13.2 Å². The van der Waals surface area contributed by atoms with Gasteiger partial charge in [-0.15, -0.1) is 0 Å². The molecule has 1 aliphatic rings. The summed E-state index contributed by atoms with van der Waals surface area (Å²) in [6, 6.07) is 20.9. The maximum atomic E-state index is 11.5. The van der Waals surface area contributed by atoms with Crippen molar-refractivity contribution < 1.29 is 14.3 Å². The van der Waals surface area contributed by atoms with E-state index < -0.39 is 0 Å². The first-order valence-corrected chi connectivity index (χ1v) is 8.32. The highest BCUT2D eigenvalue weighted by molar-refractivity contribution is 5.81. The topological polar surface area (TPSA) is 35.5 Å². The molecule has 0 aliphatic carbocycles. The van der Waals surface area contributed by atoms with Gasteiger partial charge in [0.25, 0.3) is 0 Å². The summed E-state index contributed by atoms with van der Waals surface area (Å²) in [6.45, 7) is 2.78. The second kappa shape index (κ2) is 7.45. The standard InChI is InChI=1S/C21H22O3/c1-2-23-20(22)14-13-19-15-21(16-24-19,17-9-5-3-6-10-17)18-11-7-4-8-12-18/h3-14,19H,2,15-16H2,1H3. The molecule has 0 bridgehead atoms. The number of benzene rings is 2. The lowest BCUT2D eigenvalue weighted by Gasteiger charge is -2.29. The minimum atomic E-state index is -0.321. The molecule has 124 valence electrons. The minimum absolute atomic E-state index is 0.102. The molecule has 2 aromatic carbocycles. The normalized spacial score (nSPS) is 19.5. The number of hydrogen-bond acceptors (Lipinski definition) is 3. The second-order valence-electron chi connectivity index (χ2n) is 5.98. The quantitative estimate of drug-likeness (QED) is 0.619. The third kappa shape index (κ3) is 3.41. The molecule has 0 saturated carbocycles. The zero-order chi connectivity index (χ0) is 16.8. The molecule has 1 aliphatic heterocycles. The van der Waals surface area contributed by atoms with E-state index in [-0.39, 0.29) is 17.5 Å². The van der Waals surface area contributed by atoms with Gasteiger partial charge in [0.05, 0.1) is 19.3 Å². The van der Waals surface area contributed by atoms with E-state index >= 15 is 0 Å². The average Bonchev–Trinajstić information content (AvgIpc) is 3.07. The van der Waals surface area contributed by atoms with E-state index in [1.807, 2.05) is 18.2 Å². The first kappa shape index (κ1) is 16.5. The van der Waals surface area contributed by atoms with Crippen molar-refractivity contribution in [1.82, 2.24) is 0 Å². The van der Waals surface area contributed by atoms with Gasteiger partial charge in [0.1, 0.15) is 0 Å². The number of carbonyl (C=O) groups excluding carboxylic acids is 1. The third-order valence-electron chi connectivity index (χ3n) is 4.48. The Morgan fingerprint density at radius 2 is 1.71 bits per heavy atom. The van der Waals surface area contributed by atoms with Gasteiger partial charge >= 0.3 is 5.97 Å². The predicted octanol–water partition coefficient (Wildman–Crippen LogP) is 3.88. The molecule has 0 radical (unpaired) electrons. The Balaban J connectivity index is 1.88. The second-order valence-corrected chi connectivity index (χ2v) is 5.98. The van der Waals surface area contributed by atoms with Gasteiger partial charge in [0.2, 0.25) is 0 Å². The molecule has 1 unspecified atom stereocenters. The van der Waals surface area contributed by atoms with Crippen LogP contribution in [-0.2, 0) is 19.7 Å². The lowest BCUT2D eigenvalue weighted by Crippen LogP contribution is -2.28. The molecule has 1 heterocycles. The number of carbonyl (C=O) groups is 1. The summed E-state index contributed by atoms with van der Waals surface area (Å²) in [5.74, 6) is -0.321. The van der Waals surface area contributed by atoms with E-state index in [9.17, 15) is 4.79 Å². The Morgan fingerprint density at radius 3 is 2.25 bits per heavy atom. The summed E-state index contributed by atoms with van der Waals surface area (Å²) >= 11 is 0. The largest absolute Gasteiger partial charge is 0.463 e. The Morgan fingerprint density at radius 1 is 1.12 bits per heavy atom. The van der Waals surface area contributed by atoms with Crippen LogP contribution < -0.4 is 0 Å². The Labute approximate surface area is 142 Å². The van der Waals surface area contributed by atoms with E-state index in [1.54, 1.807) is 6.92 Å². The smallest absolute Gasteiger partial charge is 0.330 e. The number of rotatable bonds is 5. The molecule has 0 spiro atoms. The maximum absolute atomic E-state index is 11.5. The highest BCUT2D eigenvalue weighted by Crippen LogP contribution is 2.42. The Hall–Kier alpha value is -2.39. The zero-order valence-corrected chi connectivity index (χ0v) is 13.9. The lowest BCUT2D eigenvalue weighted by atomic mass is 9.73. The van der Waals surface area contributed by atoms with Crippen LogP contribution in [0.2, 0.25) is 0 Å². The fourth-order valence-electron chi connectivity index (χ4n) is 3.29. The van der Waals surface area contributed by atoms with Gasteiger partial charge in [-0.1, -0.05) is 60.7 Å². The summed E-state index contributed by atoms with van der Waals surface area (Å²) in [6.07, 6.45) is 3.98. The van der Waals surface area contributed by atoms with Crippen LogP contribution >= 0.6 is 0 Å². The molecule has 1 atom stereocenters. The highest BCUT2D eigenvalue weighted by Gasteiger charge is 2.42. The van der Waals surface area contributed by atoms with E-state index in [1.165, 1.54) is 17.2 Å². The van der Waals surface area contributed by atoms with Crippen molar-refractivity contribution in [3.63, 3.8) is 0 Å². The van der Waals surface area contributed by atoms with Crippen LogP contribution in [-0.4, -0.2) is 25.3 Å². The van der Waals surface area contributed by atoms with E-state index in [0.29, 0.717) is 13.2 Å². The van der Waals surface area contributed by atoms with Gasteiger partial charge in [-0.3, -0.25) is 0 Å². The monoisotopic (exact) mass is 322 g/mol. The number of esters is 1. The van der Waals surface area contributed by atoms with Crippen LogP contribution in [0.15, 0.2) is 72.8 Å². The SMILES string of the molecule is CCOC(=O)C=CC1CC(c2ccccc2)(c2ccccc2)CO1. The number of ether oxygens (including phenoxy) is 2. The maximum Gasteiger partial charge on any atom is 0.330 e. The highest BCUT2D eigenvalue weighted by atomic mass is 16.5. The molecular weight excluding hydrogens is 300 g/mol. The van der Waals surface area contributed by atoms with Crippen LogP contribution in [0.5, 0.6) is 0 Å². The molecule has 0 aromatic heterocycles. The molecule has 1 fully saturated rings. The van der Waals surface area contributed by atoms with E-state index in [0.717, 1.165) is 6.42 Å². The van der Waals surface area contributed by atoms with Crippen molar-refractivity contribution in [1.29, 1.82) is 0 Å². The van der Waals surface area contributed by atoms with Gasteiger partial charge in [-0.2, -0.15) is 0 Å². The Bertz CT molecular complexity index is 652. The van der Waals surface area contributed by atoms with Gasteiger partial charge in [0, 0.05) is 11.5 Å². The summed E-state index contributed by atoms with van der Waals surface area (Å²) < 4.78 is 11.0. The molecule has 0 N–H and O–H groups in total. The van der Waals surface area contributed by atoms with E-state index in [4.69, 9.17) is 9.47 Å². The van der Waals surface area contributed by atoms with Gasteiger partial charge in [-0.25, -0.2) is 4.79 Å². The number of hydrogen-bond donors (Lipinski definition) is 0. The predicted molar refractivity (Wildman–Crippen MR) is 93.8 cm³/mol. The van der Waals surface area contributed by atoms with Crippen LogP contribution in [0.1, 0.15) is 24.5 Å². The summed E-state index contributed by atoms with van der Waals surface area (Å²) in [4.78, 5) is 11.5. The molecule has 24 heavy (non-hydrogen) atoms. The molecule has 1 saturated heterocycles. The molecule has 3 rings (SSSR count). The zero-order valence-electron chi connectivity index (χ0n) is 13.9. The van der Waals surface area contributed by atoms with Gasteiger partial charge in [-0.05, 0) is 30.5 Å². The average molecular weight is 322 g/mol. The molecule has 0 amide bonds. The minimum Gasteiger partial charge on any atom is -0.463 e. The first-order valence-electron chi connectivity index (χ1n) is 8.32. The summed E-state index contributed by atoms with van der Waals surface area (Å²) in [7, 11) is 0. The third-order valence-corrected chi connectivity index (χ3v) is 4.48. The first-order chi connectivity index (χ1) is 11.7. The van der Waals surface area contributed by atoms with Crippen molar-refractivity contribution in [3.8, 4) is 0 Å². The van der Waals surface area contributed by atoms with Crippen molar-refractivity contribution in [2.24, 2.45) is 0 Å². The van der Waals surface area contributed by atoms with Crippen LogP contribution in [0, 0.1) is 0 Å². The van der Waals surface area contributed by atoms with Crippen LogP contribution in [0.4, 0.5) is 0 Å². The lowest BCUT2D eigenvalue weighted by molar-refractivity contribution is -0.137. The van der Waals surface area contributed by atoms with Crippen LogP contribution in [0.3, 0.4) is 0 Å². The summed E-state index contributed by atoms with van der Waals surface area (Å²) in [5, 5.41) is 0. The van der Waals surface area contributed by atoms with E-state index in [2.05, 4.69) is 48.5 Å². The fraction of sp³-hybridized carbons (Fsp3) is 0.286. The molecular formula is C21H22O3. The van der Waals surface area contributed by atoms with Crippen molar-refractivity contribution in [2.45, 2.75) is 24.9 Å². The molecule has 3 nitrogen and oxygen atoms in total. The fourth-order valence-corrected chi connectivity index (χ4v) is 3.29. The van der Waals surface area contributed by atoms with Gasteiger partial charge in [0.15, 0.2) is 0 Å². The van der Waals surface area contributed by atoms with Crippen LogP contribution in [0.25, 0.3) is 0 Å². The van der Waals surface area contributed by atoms with Crippen molar-refractivity contribution in [3.05, 3.63) is 83.9 Å². The summed E-state index contributed by atoms with van der Waals surface area (Å²) in [5.41, 5.74) is 2.29. The molecule has 2 aromatic rings. The Kier molecular flexibility index (Phi) is 5.11.